The molecule has 1 heterocycles. The topological polar surface area (TPSA) is 85.8 Å². The second-order valence-corrected chi connectivity index (χ2v) is 8.58. The SMILES string of the molecule is CC(C)c1cccc(C(C)C)c1NC(=O)CSc1nnc(-c2ccc(F)cc2)n1N. The predicted molar refractivity (Wildman–Crippen MR) is 120 cm³/mol. The summed E-state index contributed by atoms with van der Waals surface area (Å²) in [5.74, 6) is 6.74. The van der Waals surface area contributed by atoms with E-state index in [2.05, 4.69) is 43.2 Å². The number of nitrogen functional groups attached to an aromatic ring is 1. The molecule has 2 aromatic carbocycles. The molecule has 8 heteroatoms. The van der Waals surface area contributed by atoms with E-state index in [1.807, 2.05) is 18.2 Å². The first-order valence-electron chi connectivity index (χ1n) is 9.79. The quantitative estimate of drug-likeness (QED) is 0.419. The van der Waals surface area contributed by atoms with Crippen molar-refractivity contribution in [2.24, 2.45) is 0 Å². The van der Waals surface area contributed by atoms with Gasteiger partial charge in [0.25, 0.3) is 0 Å². The van der Waals surface area contributed by atoms with Gasteiger partial charge in [-0.2, -0.15) is 0 Å². The molecule has 0 aliphatic carbocycles. The molecule has 3 aromatic rings. The van der Waals surface area contributed by atoms with E-state index < -0.39 is 0 Å². The lowest BCUT2D eigenvalue weighted by Crippen LogP contribution is -2.19. The van der Waals surface area contributed by atoms with Crippen molar-refractivity contribution < 1.29 is 9.18 Å². The van der Waals surface area contributed by atoms with Crippen molar-refractivity contribution in [3.8, 4) is 11.4 Å². The fourth-order valence-corrected chi connectivity index (χ4v) is 3.83. The molecule has 0 spiro atoms. The van der Waals surface area contributed by atoms with Crippen LogP contribution < -0.4 is 11.2 Å². The molecular weight excluding hydrogens is 401 g/mol. The number of para-hydroxylation sites is 1. The van der Waals surface area contributed by atoms with Gasteiger partial charge in [0.15, 0.2) is 5.82 Å². The van der Waals surface area contributed by atoms with Gasteiger partial charge in [-0.15, -0.1) is 10.2 Å². The van der Waals surface area contributed by atoms with Gasteiger partial charge in [-0.1, -0.05) is 57.7 Å². The fraction of sp³-hybridized carbons (Fsp3) is 0.318. The second kappa shape index (κ2) is 9.30. The van der Waals surface area contributed by atoms with Crippen molar-refractivity contribution in [2.45, 2.75) is 44.7 Å². The lowest BCUT2D eigenvalue weighted by molar-refractivity contribution is -0.113. The van der Waals surface area contributed by atoms with Crippen molar-refractivity contribution >= 4 is 23.4 Å². The summed E-state index contributed by atoms with van der Waals surface area (Å²) < 4.78 is 14.4. The summed E-state index contributed by atoms with van der Waals surface area (Å²) in [7, 11) is 0. The lowest BCUT2D eigenvalue weighted by Gasteiger charge is -2.20. The molecule has 3 N–H and O–H groups in total. The van der Waals surface area contributed by atoms with E-state index in [-0.39, 0.29) is 29.3 Å². The van der Waals surface area contributed by atoms with Gasteiger partial charge in [-0.25, -0.2) is 9.07 Å². The third-order valence-electron chi connectivity index (χ3n) is 4.74. The summed E-state index contributed by atoms with van der Waals surface area (Å²) in [6, 6.07) is 12.0. The zero-order valence-corrected chi connectivity index (χ0v) is 18.3. The molecule has 3 rings (SSSR count). The molecule has 158 valence electrons. The lowest BCUT2D eigenvalue weighted by atomic mass is 9.92. The molecule has 0 atom stereocenters. The second-order valence-electron chi connectivity index (χ2n) is 7.64. The first kappa shape index (κ1) is 21.8. The first-order valence-corrected chi connectivity index (χ1v) is 10.8. The summed E-state index contributed by atoms with van der Waals surface area (Å²) in [5, 5.41) is 11.6. The highest BCUT2D eigenvalue weighted by molar-refractivity contribution is 7.99. The van der Waals surface area contributed by atoms with Crippen LogP contribution >= 0.6 is 11.8 Å². The van der Waals surface area contributed by atoms with Gasteiger partial charge in [0.1, 0.15) is 5.82 Å². The third-order valence-corrected chi connectivity index (χ3v) is 5.68. The molecule has 0 saturated carbocycles. The average Bonchev–Trinajstić information content (AvgIpc) is 3.07. The van der Waals surface area contributed by atoms with Crippen LogP contribution in [0.15, 0.2) is 47.6 Å². The van der Waals surface area contributed by atoms with Crippen molar-refractivity contribution in [3.63, 3.8) is 0 Å². The van der Waals surface area contributed by atoms with E-state index in [9.17, 15) is 9.18 Å². The molecule has 6 nitrogen and oxygen atoms in total. The zero-order chi connectivity index (χ0) is 21.8. The highest BCUT2D eigenvalue weighted by atomic mass is 32.2. The summed E-state index contributed by atoms with van der Waals surface area (Å²) in [6.07, 6.45) is 0. The van der Waals surface area contributed by atoms with E-state index in [1.54, 1.807) is 12.1 Å². The summed E-state index contributed by atoms with van der Waals surface area (Å²) in [6.45, 7) is 8.44. The molecule has 1 amide bonds. The van der Waals surface area contributed by atoms with Gasteiger partial charge in [0.05, 0.1) is 5.75 Å². The number of carbonyl (C=O) groups excluding carboxylic acids is 1. The number of hydrogen-bond donors (Lipinski definition) is 2. The number of hydrogen-bond acceptors (Lipinski definition) is 5. The largest absolute Gasteiger partial charge is 0.335 e. The van der Waals surface area contributed by atoms with Gasteiger partial charge >= 0.3 is 0 Å². The Hall–Kier alpha value is -2.87. The molecule has 0 aliphatic heterocycles. The summed E-state index contributed by atoms with van der Waals surface area (Å²) in [4.78, 5) is 12.7. The Bertz CT molecular complexity index is 1000. The maximum Gasteiger partial charge on any atom is 0.234 e. The Balaban J connectivity index is 1.73. The molecule has 30 heavy (non-hydrogen) atoms. The van der Waals surface area contributed by atoms with E-state index in [0.717, 1.165) is 16.8 Å². The summed E-state index contributed by atoms with van der Waals surface area (Å²) in [5.41, 5.74) is 3.75. The van der Waals surface area contributed by atoms with Crippen LogP contribution in [-0.2, 0) is 4.79 Å². The van der Waals surface area contributed by atoms with Gasteiger partial charge in [-0.3, -0.25) is 4.79 Å². The number of anilines is 1. The maximum absolute atomic E-state index is 13.1. The van der Waals surface area contributed by atoms with Gasteiger partial charge in [0.2, 0.25) is 11.1 Å². The van der Waals surface area contributed by atoms with Crippen LogP contribution in [0.4, 0.5) is 10.1 Å². The van der Waals surface area contributed by atoms with Crippen LogP contribution in [0.2, 0.25) is 0 Å². The highest BCUT2D eigenvalue weighted by Gasteiger charge is 2.18. The highest BCUT2D eigenvalue weighted by Crippen LogP contribution is 2.32. The number of benzene rings is 2. The molecule has 0 radical (unpaired) electrons. The minimum absolute atomic E-state index is 0.138. The minimum Gasteiger partial charge on any atom is -0.335 e. The van der Waals surface area contributed by atoms with Crippen molar-refractivity contribution in [1.29, 1.82) is 0 Å². The number of halogens is 1. The first-order chi connectivity index (χ1) is 14.3. The Morgan fingerprint density at radius 1 is 1.07 bits per heavy atom. The smallest absolute Gasteiger partial charge is 0.234 e. The standard InChI is InChI=1S/C22H26FN5OS/c1-13(2)17-6-5-7-18(14(3)4)20(17)25-19(29)12-30-22-27-26-21(28(22)24)15-8-10-16(23)11-9-15/h5-11,13-14H,12,24H2,1-4H3,(H,25,29). The average molecular weight is 428 g/mol. The van der Waals surface area contributed by atoms with Crippen LogP contribution in [0.25, 0.3) is 11.4 Å². The number of thioether (sulfide) groups is 1. The van der Waals surface area contributed by atoms with Gasteiger partial charge in [-0.05, 0) is 47.2 Å². The van der Waals surface area contributed by atoms with Crippen molar-refractivity contribution in [2.75, 3.05) is 16.9 Å². The van der Waals surface area contributed by atoms with Crippen LogP contribution in [0.5, 0.6) is 0 Å². The Labute approximate surface area is 180 Å². The van der Waals surface area contributed by atoms with Crippen LogP contribution in [-0.4, -0.2) is 26.5 Å². The summed E-state index contributed by atoms with van der Waals surface area (Å²) >= 11 is 1.20. The molecule has 0 unspecified atom stereocenters. The van der Waals surface area contributed by atoms with E-state index in [4.69, 9.17) is 5.84 Å². The predicted octanol–water partition coefficient (Wildman–Crippen LogP) is 4.78. The fourth-order valence-electron chi connectivity index (χ4n) is 3.17. The minimum atomic E-state index is -0.337. The molecule has 0 fully saturated rings. The number of nitrogens with two attached hydrogens (primary N) is 1. The molecule has 0 aliphatic rings. The Morgan fingerprint density at radius 2 is 1.67 bits per heavy atom. The molecule has 1 aromatic heterocycles. The molecule has 0 saturated heterocycles. The van der Waals surface area contributed by atoms with Crippen LogP contribution in [0.3, 0.4) is 0 Å². The number of rotatable bonds is 7. The van der Waals surface area contributed by atoms with E-state index in [0.29, 0.717) is 16.5 Å². The van der Waals surface area contributed by atoms with E-state index >= 15 is 0 Å². The number of nitrogens with zero attached hydrogens (tertiary/aromatic N) is 3. The van der Waals surface area contributed by atoms with Gasteiger partial charge in [0, 0.05) is 11.3 Å². The van der Waals surface area contributed by atoms with Crippen LogP contribution in [0.1, 0.15) is 50.7 Å². The number of carbonyl (C=O) groups is 1. The Kier molecular flexibility index (Phi) is 6.77. The maximum atomic E-state index is 13.1. The number of amides is 1. The zero-order valence-electron chi connectivity index (χ0n) is 17.5. The van der Waals surface area contributed by atoms with Gasteiger partial charge < -0.3 is 11.2 Å². The van der Waals surface area contributed by atoms with Crippen molar-refractivity contribution in [3.05, 3.63) is 59.4 Å². The molecular formula is C22H26FN5OS. The number of aromatic nitrogens is 3. The van der Waals surface area contributed by atoms with Crippen molar-refractivity contribution in [1.82, 2.24) is 14.9 Å². The molecule has 0 bridgehead atoms. The monoisotopic (exact) mass is 427 g/mol. The number of nitrogens with one attached hydrogen (secondary N) is 1. The van der Waals surface area contributed by atoms with Crippen LogP contribution in [0, 0.1) is 5.82 Å². The Morgan fingerprint density at radius 3 is 2.23 bits per heavy atom. The third kappa shape index (κ3) is 4.81. The normalized spacial score (nSPS) is 11.3. The van der Waals surface area contributed by atoms with E-state index in [1.165, 1.54) is 28.6 Å².